The molecule has 0 radical (unpaired) electrons. The lowest BCUT2D eigenvalue weighted by Gasteiger charge is -2.33. The van der Waals surface area contributed by atoms with Gasteiger partial charge < -0.3 is 10.0 Å². The molecule has 1 amide bonds. The zero-order valence-corrected chi connectivity index (χ0v) is 15.0. The minimum Gasteiger partial charge on any atom is -0.481 e. The molecule has 1 atom stereocenters. The minimum atomic E-state index is -0.878. The highest BCUT2D eigenvalue weighted by Crippen LogP contribution is 2.31. The number of nitrogens with one attached hydrogen (secondary N) is 1. The van der Waals surface area contributed by atoms with Crippen LogP contribution < -0.4 is 0 Å². The molecule has 10 heteroatoms. The summed E-state index contributed by atoms with van der Waals surface area (Å²) in [6.45, 7) is 2.11. The van der Waals surface area contributed by atoms with Crippen LogP contribution in [0.3, 0.4) is 0 Å². The van der Waals surface area contributed by atoms with Crippen LogP contribution in [-0.4, -0.2) is 65.4 Å². The zero-order valence-electron chi connectivity index (χ0n) is 15.0. The Morgan fingerprint density at radius 3 is 2.78 bits per heavy atom. The Balaban J connectivity index is 1.38. The average molecular weight is 373 g/mol. The fraction of sp³-hybridized carbons (Fsp3) is 0.647. The van der Waals surface area contributed by atoms with Crippen LogP contribution in [0.25, 0.3) is 0 Å². The number of amides is 1. The number of likely N-dealkylation sites (tertiary alicyclic amines) is 1. The lowest BCUT2D eigenvalue weighted by molar-refractivity contribution is -0.136. The lowest BCUT2D eigenvalue weighted by atomic mass is 9.91. The predicted octanol–water partition coefficient (Wildman–Crippen LogP) is 0.697. The smallest absolute Gasteiger partial charge is 0.309 e. The minimum absolute atomic E-state index is 0.0548. The number of aromatic amines is 1. The molecule has 0 unspecified atom stereocenters. The summed E-state index contributed by atoms with van der Waals surface area (Å²) in [6.07, 6.45) is 4.35. The molecule has 4 rings (SSSR count). The van der Waals surface area contributed by atoms with Crippen LogP contribution in [-0.2, 0) is 22.6 Å². The summed E-state index contributed by atoms with van der Waals surface area (Å²) in [7, 11) is 0. The van der Waals surface area contributed by atoms with Crippen molar-refractivity contribution in [3.8, 4) is 0 Å². The first-order chi connectivity index (χ1) is 13.1. The first-order valence-electron chi connectivity index (χ1n) is 9.42. The van der Waals surface area contributed by atoms with E-state index in [4.69, 9.17) is 5.11 Å². The van der Waals surface area contributed by atoms with E-state index in [2.05, 4.69) is 25.7 Å². The van der Waals surface area contributed by atoms with Crippen molar-refractivity contribution in [1.29, 1.82) is 0 Å². The zero-order chi connectivity index (χ0) is 18.8. The number of hydrogen-bond donors (Lipinski definition) is 2. The van der Waals surface area contributed by atoms with Crippen LogP contribution in [0, 0.1) is 0 Å². The normalized spacial score (nSPS) is 20.9. The number of nitrogens with zero attached hydrogens (tertiary/aromatic N) is 6. The van der Waals surface area contributed by atoms with Crippen LogP contribution in [0.2, 0.25) is 0 Å². The molecular weight excluding hydrogens is 350 g/mol. The number of aromatic nitrogens is 6. The van der Waals surface area contributed by atoms with Gasteiger partial charge in [-0.25, -0.2) is 4.68 Å². The van der Waals surface area contributed by atoms with Gasteiger partial charge in [0.15, 0.2) is 5.82 Å². The summed E-state index contributed by atoms with van der Waals surface area (Å²) in [5.41, 5.74) is 1.50. The molecule has 2 aromatic rings. The van der Waals surface area contributed by atoms with Crippen LogP contribution >= 0.6 is 0 Å². The van der Waals surface area contributed by atoms with E-state index in [0.717, 1.165) is 44.3 Å². The molecule has 0 bridgehead atoms. The summed E-state index contributed by atoms with van der Waals surface area (Å²) >= 11 is 0. The Kier molecular flexibility index (Phi) is 4.87. The van der Waals surface area contributed by atoms with E-state index in [-0.39, 0.29) is 24.2 Å². The van der Waals surface area contributed by atoms with Crippen molar-refractivity contribution in [2.45, 2.75) is 56.9 Å². The van der Waals surface area contributed by atoms with Gasteiger partial charge in [0.25, 0.3) is 0 Å². The number of H-pyrrole nitrogens is 1. The molecule has 10 nitrogen and oxygen atoms in total. The second-order valence-electron chi connectivity index (χ2n) is 7.30. The number of carbonyl (C=O) groups is 2. The van der Waals surface area contributed by atoms with E-state index < -0.39 is 5.97 Å². The Bertz CT molecular complexity index is 822. The Labute approximate surface area is 155 Å². The summed E-state index contributed by atoms with van der Waals surface area (Å²) in [4.78, 5) is 25.8. The van der Waals surface area contributed by atoms with Gasteiger partial charge in [0.05, 0.1) is 18.0 Å². The van der Waals surface area contributed by atoms with E-state index in [1.807, 2.05) is 11.0 Å². The number of carboxylic acids is 1. The number of rotatable bonds is 4. The summed E-state index contributed by atoms with van der Waals surface area (Å²) in [5, 5.41) is 27.8. The topological polar surface area (TPSA) is 130 Å². The van der Waals surface area contributed by atoms with Crippen molar-refractivity contribution in [3.05, 3.63) is 23.3 Å². The highest BCUT2D eigenvalue weighted by Gasteiger charge is 2.34. The van der Waals surface area contributed by atoms with Crippen molar-refractivity contribution >= 4 is 11.9 Å². The third-order valence-corrected chi connectivity index (χ3v) is 5.50. The fourth-order valence-electron chi connectivity index (χ4n) is 4.05. The number of carbonyl (C=O) groups excluding carboxylic acids is 1. The molecule has 0 saturated carbocycles. The molecule has 4 heterocycles. The van der Waals surface area contributed by atoms with Gasteiger partial charge in [0, 0.05) is 31.2 Å². The molecule has 2 aromatic heterocycles. The molecule has 144 valence electrons. The Morgan fingerprint density at radius 2 is 2.00 bits per heavy atom. The molecule has 0 aliphatic carbocycles. The predicted molar refractivity (Wildman–Crippen MR) is 92.9 cm³/mol. The van der Waals surface area contributed by atoms with E-state index >= 15 is 0 Å². The maximum Gasteiger partial charge on any atom is 0.309 e. The van der Waals surface area contributed by atoms with E-state index in [0.29, 0.717) is 24.6 Å². The molecule has 1 saturated heterocycles. The molecule has 2 N–H and O–H groups in total. The maximum absolute atomic E-state index is 13.1. The number of tetrazole rings is 1. The second-order valence-corrected chi connectivity index (χ2v) is 7.30. The van der Waals surface area contributed by atoms with Gasteiger partial charge in [-0.2, -0.15) is 5.10 Å². The molecule has 2 aliphatic rings. The monoisotopic (exact) mass is 373 g/mol. The molecule has 1 fully saturated rings. The van der Waals surface area contributed by atoms with E-state index in [1.165, 1.54) is 0 Å². The molecule has 0 spiro atoms. The van der Waals surface area contributed by atoms with Gasteiger partial charge in [-0.3, -0.25) is 14.7 Å². The molecule has 2 aliphatic heterocycles. The fourth-order valence-corrected chi connectivity index (χ4v) is 4.05. The van der Waals surface area contributed by atoms with Crippen molar-refractivity contribution in [3.63, 3.8) is 0 Å². The third-order valence-electron chi connectivity index (χ3n) is 5.50. The van der Waals surface area contributed by atoms with Crippen molar-refractivity contribution in [1.82, 2.24) is 35.3 Å². The van der Waals surface area contributed by atoms with Gasteiger partial charge in [-0.15, -0.1) is 5.10 Å². The number of piperidine rings is 1. The Hall–Kier alpha value is -2.78. The highest BCUT2D eigenvalue weighted by atomic mass is 16.4. The SMILES string of the molecule is O=C(O)Cc1cc(C2CCN(C(=O)[C@H]3CCCCn4nnnc43)CC2)n[nH]1. The number of aryl methyl sites for hydroxylation is 1. The summed E-state index contributed by atoms with van der Waals surface area (Å²) < 4.78 is 1.76. The van der Waals surface area contributed by atoms with Crippen LogP contribution in [0.4, 0.5) is 0 Å². The van der Waals surface area contributed by atoms with Crippen LogP contribution in [0.5, 0.6) is 0 Å². The van der Waals surface area contributed by atoms with E-state index in [1.54, 1.807) is 4.68 Å². The van der Waals surface area contributed by atoms with Gasteiger partial charge in [0.1, 0.15) is 0 Å². The summed E-state index contributed by atoms with van der Waals surface area (Å²) in [6, 6.07) is 1.83. The van der Waals surface area contributed by atoms with Crippen molar-refractivity contribution in [2.75, 3.05) is 13.1 Å². The van der Waals surface area contributed by atoms with Crippen molar-refractivity contribution < 1.29 is 14.7 Å². The largest absolute Gasteiger partial charge is 0.481 e. The molecule has 27 heavy (non-hydrogen) atoms. The van der Waals surface area contributed by atoms with Gasteiger partial charge >= 0.3 is 5.97 Å². The number of hydrogen-bond acceptors (Lipinski definition) is 6. The van der Waals surface area contributed by atoms with Crippen molar-refractivity contribution in [2.24, 2.45) is 0 Å². The molecular formula is C17H23N7O3. The highest BCUT2D eigenvalue weighted by molar-refractivity contribution is 5.83. The number of fused-ring (bicyclic) bond motifs is 1. The quantitative estimate of drug-likeness (QED) is 0.806. The van der Waals surface area contributed by atoms with Crippen LogP contribution in [0.15, 0.2) is 6.07 Å². The van der Waals surface area contributed by atoms with Gasteiger partial charge in [-0.1, -0.05) is 6.42 Å². The lowest BCUT2D eigenvalue weighted by Crippen LogP contribution is -2.41. The summed E-state index contributed by atoms with van der Waals surface area (Å²) in [5.74, 6) is -0.0968. The second kappa shape index (κ2) is 7.45. The maximum atomic E-state index is 13.1. The van der Waals surface area contributed by atoms with Gasteiger partial charge in [0.2, 0.25) is 5.91 Å². The van der Waals surface area contributed by atoms with E-state index in [9.17, 15) is 9.59 Å². The van der Waals surface area contributed by atoms with Crippen LogP contribution in [0.1, 0.15) is 61.2 Å². The average Bonchev–Trinajstić information content (AvgIpc) is 3.27. The Morgan fingerprint density at radius 1 is 1.19 bits per heavy atom. The first-order valence-corrected chi connectivity index (χ1v) is 9.42. The molecule has 0 aromatic carbocycles. The van der Waals surface area contributed by atoms with Gasteiger partial charge in [-0.05, 0) is 42.2 Å². The number of carboxylic acid groups (broad SMARTS) is 1. The number of aliphatic carboxylic acids is 1. The standard InChI is InChI=1S/C17H23N7O3/c25-15(26)10-12-9-14(19-18-12)11-4-7-23(8-5-11)17(27)13-3-1-2-6-24-16(13)20-21-22-24/h9,11,13H,1-8,10H2,(H,18,19)(H,25,26)/t13-/m0/s1. The third kappa shape index (κ3) is 3.69. The first kappa shape index (κ1) is 17.6.